The third-order valence-corrected chi connectivity index (χ3v) is 4.19. The van der Waals surface area contributed by atoms with Gasteiger partial charge in [-0.2, -0.15) is 0 Å². The van der Waals surface area contributed by atoms with Gasteiger partial charge in [0.2, 0.25) is 0 Å². The number of ether oxygens (including phenoxy) is 2. The van der Waals surface area contributed by atoms with Gasteiger partial charge in [-0.1, -0.05) is 0 Å². The third-order valence-electron chi connectivity index (χ3n) is 2.69. The first-order chi connectivity index (χ1) is 7.29. The predicted octanol–water partition coefficient (Wildman–Crippen LogP) is 2.51. The average Bonchev–Trinajstić information content (AvgIpc) is 1.97. The maximum atomic E-state index is 11.3. The number of rotatable bonds is 6. The Morgan fingerprint density at radius 3 is 1.71 bits per heavy atom. The van der Waals surface area contributed by atoms with E-state index < -0.39 is 24.6 Å². The zero-order chi connectivity index (χ0) is 14.1. The summed E-state index contributed by atoms with van der Waals surface area (Å²) < 4.78 is 22.4. The summed E-state index contributed by atoms with van der Waals surface area (Å²) in [5, 5.41) is -1.51. The van der Waals surface area contributed by atoms with Crippen LogP contribution in [-0.4, -0.2) is 32.9 Å². The Kier molecular flexibility index (Phi) is 5.39. The van der Waals surface area contributed by atoms with Gasteiger partial charge in [0.15, 0.2) is 5.34 Å². The van der Waals surface area contributed by atoms with Crippen molar-refractivity contribution in [3.8, 4) is 0 Å². The average molecular weight is 268 g/mol. The van der Waals surface area contributed by atoms with E-state index in [0.717, 1.165) is 0 Å². The van der Waals surface area contributed by atoms with Crippen LogP contribution in [0.1, 0.15) is 48.5 Å². The first kappa shape index (κ1) is 17.1. The molecule has 0 amide bonds. The van der Waals surface area contributed by atoms with E-state index in [1.54, 1.807) is 6.92 Å². The van der Waals surface area contributed by atoms with Crippen LogP contribution < -0.4 is 0 Å². The Bertz CT molecular complexity index is 292. The van der Waals surface area contributed by atoms with Gasteiger partial charge in [0.1, 0.15) is 0 Å². The largest absolute Gasteiger partial charge is 0.370 e. The van der Waals surface area contributed by atoms with Gasteiger partial charge in [-0.15, -0.1) is 0 Å². The first-order valence-electron chi connectivity index (χ1n) is 5.71. The molecule has 104 valence electrons. The zero-order valence-corrected chi connectivity index (χ0v) is 12.6. The lowest BCUT2D eigenvalue weighted by molar-refractivity contribution is -0.163. The molecule has 0 saturated carbocycles. The summed E-state index contributed by atoms with van der Waals surface area (Å²) >= 11 is 0. The first-order valence-corrected chi connectivity index (χ1v) is 7.32. The van der Waals surface area contributed by atoms with Crippen molar-refractivity contribution >= 4 is 7.60 Å². The van der Waals surface area contributed by atoms with Gasteiger partial charge in [-0.05, 0) is 48.5 Å². The highest BCUT2D eigenvalue weighted by atomic mass is 31.2. The van der Waals surface area contributed by atoms with E-state index in [0.29, 0.717) is 0 Å². The second-order valence-electron chi connectivity index (χ2n) is 5.52. The van der Waals surface area contributed by atoms with Crippen LogP contribution in [0.5, 0.6) is 0 Å². The zero-order valence-electron chi connectivity index (χ0n) is 11.7. The molecule has 6 heteroatoms. The molecule has 2 N–H and O–H groups in total. The van der Waals surface area contributed by atoms with Crippen LogP contribution in [0, 0.1) is 0 Å². The van der Waals surface area contributed by atoms with Crippen molar-refractivity contribution in [3.05, 3.63) is 0 Å². The van der Waals surface area contributed by atoms with Gasteiger partial charge in [0, 0.05) is 0 Å². The molecule has 17 heavy (non-hydrogen) atoms. The summed E-state index contributed by atoms with van der Waals surface area (Å²) in [6.45, 7) is 12.0. The van der Waals surface area contributed by atoms with Crippen molar-refractivity contribution in [2.75, 3.05) is 0 Å². The van der Waals surface area contributed by atoms with Crippen LogP contribution >= 0.6 is 7.60 Å². The molecule has 0 aromatic carbocycles. The Morgan fingerprint density at radius 1 is 1.00 bits per heavy atom. The quantitative estimate of drug-likeness (QED) is 0.724. The van der Waals surface area contributed by atoms with Crippen molar-refractivity contribution in [2.45, 2.75) is 71.6 Å². The fourth-order valence-corrected chi connectivity index (χ4v) is 1.64. The van der Waals surface area contributed by atoms with Crippen molar-refractivity contribution in [3.63, 3.8) is 0 Å². The molecule has 0 radical (unpaired) electrons. The van der Waals surface area contributed by atoms with Gasteiger partial charge in [0.25, 0.3) is 0 Å². The van der Waals surface area contributed by atoms with Crippen LogP contribution in [0.3, 0.4) is 0 Å². The minimum Gasteiger partial charge on any atom is -0.370 e. The van der Waals surface area contributed by atoms with E-state index in [1.807, 2.05) is 27.7 Å². The molecule has 1 unspecified atom stereocenters. The molecule has 0 heterocycles. The van der Waals surface area contributed by atoms with Crippen LogP contribution in [0.15, 0.2) is 0 Å². The van der Waals surface area contributed by atoms with E-state index in [9.17, 15) is 14.4 Å². The lowest BCUT2D eigenvalue weighted by atomic mass is 10.0. The van der Waals surface area contributed by atoms with Gasteiger partial charge >= 0.3 is 7.60 Å². The SMILES string of the molecule is CC(C)OC(C)(C)C(C)OC(C)(C)P(=O)(O)O. The van der Waals surface area contributed by atoms with Crippen molar-refractivity contribution in [2.24, 2.45) is 0 Å². The highest BCUT2D eigenvalue weighted by Gasteiger charge is 2.43. The van der Waals surface area contributed by atoms with E-state index in [2.05, 4.69) is 0 Å². The van der Waals surface area contributed by atoms with Crippen LogP contribution in [-0.2, 0) is 14.0 Å². The molecule has 0 aliphatic heterocycles. The normalized spacial score (nSPS) is 16.4. The van der Waals surface area contributed by atoms with Gasteiger partial charge in [-0.3, -0.25) is 4.57 Å². The van der Waals surface area contributed by atoms with Gasteiger partial charge in [-0.25, -0.2) is 0 Å². The smallest absolute Gasteiger partial charge is 0.356 e. The lowest BCUT2D eigenvalue weighted by Crippen LogP contribution is -2.45. The summed E-state index contributed by atoms with van der Waals surface area (Å²) in [5.74, 6) is 0. The molecular formula is C11H25O5P. The predicted molar refractivity (Wildman–Crippen MR) is 67.0 cm³/mol. The Balaban J connectivity index is 4.75. The lowest BCUT2D eigenvalue weighted by Gasteiger charge is -2.38. The van der Waals surface area contributed by atoms with Crippen molar-refractivity contribution in [1.82, 2.24) is 0 Å². The van der Waals surface area contributed by atoms with Gasteiger partial charge in [0.05, 0.1) is 17.8 Å². The minimum atomic E-state index is -4.30. The summed E-state index contributed by atoms with van der Waals surface area (Å²) in [6.07, 6.45) is -0.415. The van der Waals surface area contributed by atoms with Crippen molar-refractivity contribution < 1.29 is 23.8 Å². The van der Waals surface area contributed by atoms with Crippen LogP contribution in [0.4, 0.5) is 0 Å². The molecule has 1 atom stereocenters. The molecule has 0 fully saturated rings. The van der Waals surface area contributed by atoms with E-state index in [-0.39, 0.29) is 6.10 Å². The van der Waals surface area contributed by atoms with Crippen LogP contribution in [0.2, 0.25) is 0 Å². The molecular weight excluding hydrogens is 243 g/mol. The Hall–Kier alpha value is 0.0700. The molecule has 0 aliphatic rings. The van der Waals surface area contributed by atoms with Crippen molar-refractivity contribution in [1.29, 1.82) is 0 Å². The summed E-state index contributed by atoms with van der Waals surface area (Å²) in [4.78, 5) is 18.4. The molecule has 0 aromatic heterocycles. The topological polar surface area (TPSA) is 76.0 Å². The molecule has 0 aliphatic carbocycles. The monoisotopic (exact) mass is 268 g/mol. The fourth-order valence-electron chi connectivity index (χ4n) is 1.35. The van der Waals surface area contributed by atoms with E-state index >= 15 is 0 Å². The summed E-state index contributed by atoms with van der Waals surface area (Å²) in [6, 6.07) is 0. The number of hydrogen-bond acceptors (Lipinski definition) is 3. The Labute approximate surface area is 104 Å². The fraction of sp³-hybridized carbons (Fsp3) is 1.00. The maximum Gasteiger partial charge on any atom is 0.356 e. The highest BCUT2D eigenvalue weighted by molar-refractivity contribution is 7.53. The molecule has 5 nitrogen and oxygen atoms in total. The minimum absolute atomic E-state index is 0.0224. The molecule has 0 bridgehead atoms. The third kappa shape index (κ3) is 5.06. The molecule has 0 spiro atoms. The highest BCUT2D eigenvalue weighted by Crippen LogP contribution is 2.51. The summed E-state index contributed by atoms with van der Waals surface area (Å²) in [7, 11) is -4.30. The Morgan fingerprint density at radius 2 is 1.41 bits per heavy atom. The van der Waals surface area contributed by atoms with Crippen LogP contribution in [0.25, 0.3) is 0 Å². The molecule has 0 aromatic rings. The standard InChI is InChI=1S/C11H25O5P/c1-8(2)15-10(4,5)9(3)16-11(6,7)17(12,13)14/h8-9H,1-7H3,(H2,12,13,14). The second-order valence-corrected chi connectivity index (χ2v) is 7.69. The van der Waals surface area contributed by atoms with E-state index in [1.165, 1.54) is 13.8 Å². The number of hydrogen-bond donors (Lipinski definition) is 2. The molecule has 0 rings (SSSR count). The summed E-state index contributed by atoms with van der Waals surface area (Å²) in [5.41, 5.74) is -0.611. The maximum absolute atomic E-state index is 11.3. The van der Waals surface area contributed by atoms with Gasteiger partial charge < -0.3 is 19.3 Å². The van der Waals surface area contributed by atoms with E-state index in [4.69, 9.17) is 9.47 Å². The second kappa shape index (κ2) is 5.37. The molecule has 0 saturated heterocycles.